The lowest BCUT2D eigenvalue weighted by molar-refractivity contribution is 0.112. The first-order valence-corrected chi connectivity index (χ1v) is 13.3. The van der Waals surface area contributed by atoms with Gasteiger partial charge >= 0.3 is 0 Å². The highest BCUT2D eigenvalue weighted by Gasteiger charge is 2.24. The van der Waals surface area contributed by atoms with Crippen molar-refractivity contribution in [2.24, 2.45) is 0 Å². The minimum Gasteiger partial charge on any atom is -0.493 e. The van der Waals surface area contributed by atoms with Gasteiger partial charge in [0.15, 0.2) is 11.6 Å². The first-order valence-electron chi connectivity index (χ1n) is 13.3. The van der Waals surface area contributed by atoms with Gasteiger partial charge in [0.05, 0.1) is 13.8 Å². The van der Waals surface area contributed by atoms with Crippen molar-refractivity contribution in [2.75, 3.05) is 40.5 Å². The van der Waals surface area contributed by atoms with Crippen LogP contribution in [0.25, 0.3) is 17.2 Å². The van der Waals surface area contributed by atoms with Gasteiger partial charge in [-0.15, -0.1) is 0 Å². The number of alkyl halides is 1. The Labute approximate surface area is 229 Å². The van der Waals surface area contributed by atoms with Crippen LogP contribution < -0.4 is 4.74 Å². The highest BCUT2D eigenvalue weighted by atomic mass is 19.1. The van der Waals surface area contributed by atoms with E-state index in [9.17, 15) is 13.6 Å². The highest BCUT2D eigenvalue weighted by Crippen LogP contribution is 2.43. The van der Waals surface area contributed by atoms with E-state index in [-0.39, 0.29) is 18.2 Å². The van der Waals surface area contributed by atoms with Gasteiger partial charge in [-0.3, -0.25) is 14.1 Å². The molecule has 0 aromatic heterocycles. The molecule has 39 heavy (non-hydrogen) atoms. The highest BCUT2D eigenvalue weighted by molar-refractivity contribution is 6.01. The fourth-order valence-corrected chi connectivity index (χ4v) is 5.48. The summed E-state index contributed by atoms with van der Waals surface area (Å²) in [5.41, 5.74) is 9.22. The van der Waals surface area contributed by atoms with Crippen molar-refractivity contribution in [3.63, 3.8) is 0 Å². The number of halogens is 2. The Kier molecular flexibility index (Phi) is 9.79. The molecule has 1 N–H and O–H groups in total. The Morgan fingerprint density at radius 2 is 1.72 bits per heavy atom. The number of aldehydes is 1. The van der Waals surface area contributed by atoms with Crippen LogP contribution in [0.5, 0.6) is 5.75 Å². The van der Waals surface area contributed by atoms with Crippen molar-refractivity contribution < 1.29 is 23.4 Å². The molecular weight excluding hydrogens is 496 g/mol. The molecule has 1 fully saturated rings. The van der Waals surface area contributed by atoms with Gasteiger partial charge in [-0.2, -0.15) is 0 Å². The van der Waals surface area contributed by atoms with Gasteiger partial charge in [-0.25, -0.2) is 4.39 Å². The van der Waals surface area contributed by atoms with E-state index in [1.54, 1.807) is 6.07 Å². The van der Waals surface area contributed by atoms with E-state index in [2.05, 4.69) is 35.2 Å². The number of fused-ring (bicyclic) bond motifs is 1. The summed E-state index contributed by atoms with van der Waals surface area (Å²) in [6, 6.07) is 19.4. The molecule has 204 valence electrons. The molecule has 3 aromatic rings. The summed E-state index contributed by atoms with van der Waals surface area (Å²) < 4.78 is 32.6. The standard InChI is InChI=1S/C32H31F2NO2.CH4O/c1-37-32-29(7-3-8-30(32)34)28-6-2-5-26-18-23(21-36)11-14-27(26)31(28)25-12-9-22(10-13-25)17-24-19-35(20-24)16-4-15-33;1-2/h3,7-14,17-18,21H,2,4-6,15-16,19-20H2,1H3;2H,1H3. The third kappa shape index (κ3) is 6.35. The Morgan fingerprint density at radius 1 is 0.974 bits per heavy atom. The predicted molar refractivity (Wildman–Crippen MR) is 153 cm³/mol. The molecule has 5 rings (SSSR count). The van der Waals surface area contributed by atoms with Gasteiger partial charge < -0.3 is 9.84 Å². The maximum absolute atomic E-state index is 14.7. The van der Waals surface area contributed by atoms with Crippen LogP contribution in [-0.4, -0.2) is 56.8 Å². The summed E-state index contributed by atoms with van der Waals surface area (Å²) in [6.07, 6.45) is 6.16. The molecule has 1 aliphatic carbocycles. The van der Waals surface area contributed by atoms with Crippen LogP contribution in [0, 0.1) is 5.82 Å². The second-order valence-corrected chi connectivity index (χ2v) is 9.74. The van der Waals surface area contributed by atoms with Crippen LogP contribution >= 0.6 is 0 Å². The molecule has 0 saturated carbocycles. The number of likely N-dealkylation sites (tertiary alicyclic amines) is 1. The monoisotopic (exact) mass is 531 g/mol. The minimum atomic E-state index is -0.379. The largest absolute Gasteiger partial charge is 0.493 e. The molecule has 0 unspecified atom stereocenters. The Hall–Kier alpha value is -3.61. The number of para-hydroxylation sites is 1. The maximum Gasteiger partial charge on any atom is 0.165 e. The van der Waals surface area contributed by atoms with Crippen molar-refractivity contribution in [1.29, 1.82) is 0 Å². The molecule has 1 saturated heterocycles. The molecule has 0 bridgehead atoms. The second kappa shape index (κ2) is 13.5. The number of carbonyl (C=O) groups is 1. The number of allylic oxidation sites excluding steroid dienone is 1. The number of hydrogen-bond donors (Lipinski definition) is 1. The van der Waals surface area contributed by atoms with Crippen LogP contribution in [0.4, 0.5) is 8.78 Å². The summed E-state index contributed by atoms with van der Waals surface area (Å²) in [4.78, 5) is 13.7. The topological polar surface area (TPSA) is 49.8 Å². The Balaban J connectivity index is 0.00000172. The third-order valence-electron chi connectivity index (χ3n) is 7.24. The van der Waals surface area contributed by atoms with E-state index < -0.39 is 0 Å². The zero-order valence-electron chi connectivity index (χ0n) is 22.6. The molecular formula is C33H35F2NO3. The molecule has 0 atom stereocenters. The number of rotatable bonds is 8. The first kappa shape index (κ1) is 28.4. The lowest BCUT2D eigenvalue weighted by atomic mass is 9.86. The van der Waals surface area contributed by atoms with Crippen molar-refractivity contribution in [3.8, 4) is 5.75 Å². The van der Waals surface area contributed by atoms with Crippen LogP contribution in [0.2, 0.25) is 0 Å². The SMILES string of the molecule is CO.COc1c(F)cccc1C1=C(c2ccc(C=C3CN(CCCF)C3)cc2)c2ccc(C=O)cc2CCC1. The number of methoxy groups -OCH3 is 1. The summed E-state index contributed by atoms with van der Waals surface area (Å²) in [7, 11) is 2.50. The van der Waals surface area contributed by atoms with Gasteiger partial charge in [0.2, 0.25) is 0 Å². The van der Waals surface area contributed by atoms with Crippen molar-refractivity contribution >= 4 is 23.5 Å². The summed E-state index contributed by atoms with van der Waals surface area (Å²) in [5, 5.41) is 7.00. The first-order chi connectivity index (χ1) is 19.1. The van der Waals surface area contributed by atoms with Crippen LogP contribution in [0.15, 0.2) is 66.2 Å². The number of nitrogens with zero attached hydrogens (tertiary/aromatic N) is 1. The molecule has 3 aromatic carbocycles. The van der Waals surface area contributed by atoms with Crippen LogP contribution in [0.3, 0.4) is 0 Å². The second-order valence-electron chi connectivity index (χ2n) is 9.74. The van der Waals surface area contributed by atoms with Crippen molar-refractivity contribution in [3.05, 3.63) is 105 Å². The smallest absolute Gasteiger partial charge is 0.165 e. The van der Waals surface area contributed by atoms with Crippen LogP contribution in [-0.2, 0) is 6.42 Å². The van der Waals surface area contributed by atoms with Crippen LogP contribution in [0.1, 0.15) is 57.4 Å². The summed E-state index contributed by atoms with van der Waals surface area (Å²) in [5.74, 6) is -0.123. The van der Waals surface area contributed by atoms with Crippen molar-refractivity contribution in [1.82, 2.24) is 4.90 Å². The van der Waals surface area contributed by atoms with E-state index in [0.717, 1.165) is 91.3 Å². The molecule has 6 heteroatoms. The quantitative estimate of drug-likeness (QED) is 0.333. The van der Waals surface area contributed by atoms with E-state index in [1.165, 1.54) is 18.7 Å². The molecule has 0 amide bonds. The minimum absolute atomic E-state index is 0.256. The van der Waals surface area contributed by atoms with E-state index in [1.807, 2.05) is 24.3 Å². The normalized spacial score (nSPS) is 14.9. The Bertz CT molecular complexity index is 1350. The van der Waals surface area contributed by atoms with E-state index in [0.29, 0.717) is 12.0 Å². The zero-order chi connectivity index (χ0) is 27.8. The number of carbonyl (C=O) groups excluding carboxylic acids is 1. The average molecular weight is 532 g/mol. The average Bonchev–Trinajstić information content (AvgIpc) is 3.14. The molecule has 0 spiro atoms. The fraction of sp³-hybridized carbons (Fsp3) is 0.303. The molecule has 2 aliphatic rings. The summed E-state index contributed by atoms with van der Waals surface area (Å²) >= 11 is 0. The van der Waals surface area contributed by atoms with Crippen molar-refractivity contribution in [2.45, 2.75) is 25.7 Å². The number of ether oxygens (including phenoxy) is 1. The molecule has 1 heterocycles. The third-order valence-corrected chi connectivity index (χ3v) is 7.24. The molecule has 0 radical (unpaired) electrons. The number of aliphatic hydroxyl groups excluding tert-OH is 1. The lowest BCUT2D eigenvalue weighted by Crippen LogP contribution is -2.40. The maximum atomic E-state index is 14.7. The number of benzene rings is 3. The van der Waals surface area contributed by atoms with Gasteiger partial charge in [0, 0.05) is 37.9 Å². The summed E-state index contributed by atoms with van der Waals surface area (Å²) in [6.45, 7) is 2.32. The molecule has 1 aliphatic heterocycles. The zero-order valence-corrected chi connectivity index (χ0v) is 22.6. The van der Waals surface area contributed by atoms with E-state index >= 15 is 0 Å². The fourth-order valence-electron chi connectivity index (χ4n) is 5.48. The van der Waals surface area contributed by atoms with Gasteiger partial charge in [-0.05, 0) is 76.8 Å². The Morgan fingerprint density at radius 3 is 2.41 bits per heavy atom. The molecule has 4 nitrogen and oxygen atoms in total. The van der Waals surface area contributed by atoms with Gasteiger partial charge in [-0.1, -0.05) is 54.6 Å². The van der Waals surface area contributed by atoms with E-state index in [4.69, 9.17) is 9.84 Å². The number of hydrogen-bond acceptors (Lipinski definition) is 4. The van der Waals surface area contributed by atoms with Gasteiger partial charge in [0.25, 0.3) is 0 Å². The number of aliphatic hydroxyl groups is 1. The predicted octanol–water partition coefficient (Wildman–Crippen LogP) is 6.61. The van der Waals surface area contributed by atoms with Gasteiger partial charge in [0.1, 0.15) is 6.29 Å². The lowest BCUT2D eigenvalue weighted by Gasteiger charge is -2.33. The number of aryl methyl sites for hydroxylation is 1.